The molecular weight excluding hydrogens is 901 g/mol. The number of nitriles is 2. The maximum Gasteiger partial charge on any atom is 0.0991 e. The first kappa shape index (κ1) is 41.4. The van der Waals surface area contributed by atoms with Gasteiger partial charge in [-0.05, 0) is 108 Å². The van der Waals surface area contributed by atoms with Crippen LogP contribution in [-0.4, -0.2) is 8.80 Å². The van der Waals surface area contributed by atoms with Crippen molar-refractivity contribution >= 4 is 110 Å². The van der Waals surface area contributed by atoms with Crippen molar-refractivity contribution in [2.75, 3.05) is 9.80 Å². The highest BCUT2D eigenvalue weighted by Crippen LogP contribution is 2.54. The number of hydrogen-bond donors (Lipinski definition) is 0. The van der Waals surface area contributed by atoms with E-state index in [9.17, 15) is 10.5 Å². The number of fused-ring (bicyclic) bond motifs is 12. The highest BCUT2D eigenvalue weighted by molar-refractivity contribution is 6.38. The van der Waals surface area contributed by atoms with Crippen LogP contribution in [0.15, 0.2) is 243 Å². The van der Waals surface area contributed by atoms with E-state index >= 15 is 0 Å². The SMILES string of the molecule is N#Cc1ccc(N(c2ccccc2)c2ccc3c4cccc5c6c(-c7ccccc7)c7c(c(-c8ccccc8)c6n(c3c2)c45)c2cccc3c4ccc(N(c5ccccc5)c5ccc(C#N)cc5)cc4n7c32)cc1. The molecule has 0 unspecified atom stereocenters. The van der Waals surface area contributed by atoms with Gasteiger partial charge in [-0.25, -0.2) is 0 Å². The summed E-state index contributed by atoms with van der Waals surface area (Å²) in [6.07, 6.45) is 0. The van der Waals surface area contributed by atoms with Crippen LogP contribution in [0.1, 0.15) is 11.1 Å². The number of nitrogens with zero attached hydrogens (tertiary/aromatic N) is 6. The third kappa shape index (κ3) is 5.91. The Morgan fingerprint density at radius 3 is 1.00 bits per heavy atom. The molecule has 342 valence electrons. The molecule has 0 aliphatic carbocycles. The Balaban J connectivity index is 1.11. The highest BCUT2D eigenvalue weighted by atomic mass is 15.1. The number of aromatic nitrogens is 2. The molecular formula is C68H40N6. The molecule has 11 aromatic carbocycles. The lowest BCUT2D eigenvalue weighted by Gasteiger charge is -2.25. The average molecular weight is 941 g/mol. The summed E-state index contributed by atoms with van der Waals surface area (Å²) in [5.41, 5.74) is 18.9. The van der Waals surface area contributed by atoms with Crippen LogP contribution in [0.2, 0.25) is 0 Å². The molecule has 0 saturated carbocycles. The maximum atomic E-state index is 9.76. The third-order valence-corrected chi connectivity index (χ3v) is 15.2. The summed E-state index contributed by atoms with van der Waals surface area (Å²) in [6, 6.07) is 90.7. The van der Waals surface area contributed by atoms with Crippen LogP contribution >= 0.6 is 0 Å². The van der Waals surface area contributed by atoms with Crippen molar-refractivity contribution in [3.05, 3.63) is 254 Å². The fourth-order valence-electron chi connectivity index (χ4n) is 12.1. The monoisotopic (exact) mass is 940 g/mol. The molecule has 0 bridgehead atoms. The van der Waals surface area contributed by atoms with Crippen LogP contribution in [0, 0.1) is 22.7 Å². The summed E-state index contributed by atoms with van der Waals surface area (Å²) < 4.78 is 5.13. The van der Waals surface area contributed by atoms with Crippen LogP contribution in [0.5, 0.6) is 0 Å². The summed E-state index contributed by atoms with van der Waals surface area (Å²) in [5, 5.41) is 29.1. The van der Waals surface area contributed by atoms with Gasteiger partial charge in [0.25, 0.3) is 0 Å². The van der Waals surface area contributed by atoms with E-state index in [1.807, 2.05) is 60.7 Å². The van der Waals surface area contributed by atoms with Gasteiger partial charge in [0.15, 0.2) is 0 Å². The Morgan fingerprint density at radius 1 is 0.284 bits per heavy atom. The first-order valence-corrected chi connectivity index (χ1v) is 24.9. The van der Waals surface area contributed by atoms with Gasteiger partial charge in [-0.3, -0.25) is 0 Å². The largest absolute Gasteiger partial charge is 0.310 e. The standard InChI is InChI=1S/C68H40N6/c69-41-43-27-31-49(32-28-43)71(47-19-9-3-10-20-47)51-35-37-53-56-24-14-26-58-64-62(46-17-7-2-8-18-46)68-63(61(45-15-5-1-6-16-45)67(64)73(66(56)58)59(53)39-51)57-25-13-23-55-54-38-36-52(40-60(54)74(68)65(55)57)72(48-21-11-4-12-22-48)50-33-29-44(42-70)30-34-50/h1-40H. The number of rotatable bonds is 8. The Morgan fingerprint density at radius 2 is 0.622 bits per heavy atom. The van der Waals surface area contributed by atoms with Crippen molar-refractivity contribution in [1.82, 2.24) is 8.80 Å². The lowest BCUT2D eigenvalue weighted by Crippen LogP contribution is -2.09. The van der Waals surface area contributed by atoms with Gasteiger partial charge in [0.1, 0.15) is 0 Å². The first-order chi connectivity index (χ1) is 36.7. The summed E-state index contributed by atoms with van der Waals surface area (Å²) in [5.74, 6) is 0. The van der Waals surface area contributed by atoms with Gasteiger partial charge in [0.2, 0.25) is 0 Å². The minimum atomic E-state index is 0.621. The van der Waals surface area contributed by atoms with Gasteiger partial charge in [-0.2, -0.15) is 10.5 Å². The van der Waals surface area contributed by atoms with E-state index in [-0.39, 0.29) is 0 Å². The minimum Gasteiger partial charge on any atom is -0.310 e. The van der Waals surface area contributed by atoms with Gasteiger partial charge in [-0.1, -0.05) is 146 Å². The quantitative estimate of drug-likeness (QED) is 0.152. The Labute approximate surface area is 425 Å². The van der Waals surface area contributed by atoms with Gasteiger partial charge in [-0.15, -0.1) is 0 Å². The Bertz CT molecular complexity index is 4450. The zero-order chi connectivity index (χ0) is 49.0. The Kier molecular flexibility index (Phi) is 8.99. The summed E-state index contributed by atoms with van der Waals surface area (Å²) in [7, 11) is 0. The van der Waals surface area contributed by atoms with E-state index in [1.54, 1.807) is 0 Å². The topological polar surface area (TPSA) is 62.9 Å². The van der Waals surface area contributed by atoms with Crippen molar-refractivity contribution in [3.8, 4) is 34.4 Å². The second-order valence-electron chi connectivity index (χ2n) is 19.1. The van der Waals surface area contributed by atoms with Gasteiger partial charge < -0.3 is 18.6 Å². The van der Waals surface area contributed by atoms with E-state index in [0.29, 0.717) is 11.1 Å². The molecule has 0 N–H and O–H groups in total. The molecule has 0 aliphatic heterocycles. The van der Waals surface area contributed by atoms with Crippen molar-refractivity contribution in [1.29, 1.82) is 10.5 Å². The highest BCUT2D eigenvalue weighted by Gasteiger charge is 2.31. The predicted octanol–water partition coefficient (Wildman–Crippen LogP) is 18.0. The fourth-order valence-corrected chi connectivity index (χ4v) is 12.1. The van der Waals surface area contributed by atoms with Crippen molar-refractivity contribution in [2.45, 2.75) is 0 Å². The number of benzene rings is 11. The van der Waals surface area contributed by atoms with Crippen LogP contribution in [0.3, 0.4) is 0 Å². The molecule has 0 aliphatic rings. The summed E-state index contributed by atoms with van der Waals surface area (Å²) in [6.45, 7) is 0. The first-order valence-electron chi connectivity index (χ1n) is 24.9. The zero-order valence-electron chi connectivity index (χ0n) is 39.8. The zero-order valence-corrected chi connectivity index (χ0v) is 39.8. The van der Waals surface area contributed by atoms with Crippen LogP contribution in [-0.2, 0) is 0 Å². The summed E-state index contributed by atoms with van der Waals surface area (Å²) >= 11 is 0. The Hall–Kier alpha value is -10.4. The molecule has 4 heterocycles. The van der Waals surface area contributed by atoms with Crippen LogP contribution in [0.25, 0.3) is 98.4 Å². The van der Waals surface area contributed by atoms with Crippen molar-refractivity contribution < 1.29 is 0 Å². The molecule has 0 amide bonds. The lowest BCUT2D eigenvalue weighted by molar-refractivity contribution is 1.28. The number of anilines is 6. The van der Waals surface area contributed by atoms with Gasteiger partial charge in [0.05, 0.1) is 56.4 Å². The second-order valence-corrected chi connectivity index (χ2v) is 19.1. The normalized spacial score (nSPS) is 11.8. The smallest absolute Gasteiger partial charge is 0.0991 e. The van der Waals surface area contributed by atoms with E-state index < -0.39 is 0 Å². The number of hydrogen-bond acceptors (Lipinski definition) is 4. The molecule has 0 spiro atoms. The minimum absolute atomic E-state index is 0.621. The van der Waals surface area contributed by atoms with Crippen LogP contribution in [0.4, 0.5) is 34.1 Å². The molecule has 15 aromatic rings. The molecule has 0 saturated heterocycles. The molecule has 0 fully saturated rings. The second kappa shape index (κ2) is 16.1. The van der Waals surface area contributed by atoms with Crippen LogP contribution < -0.4 is 9.80 Å². The van der Waals surface area contributed by atoms with E-state index in [1.165, 1.54) is 76.3 Å². The molecule has 4 aromatic heterocycles. The van der Waals surface area contributed by atoms with E-state index in [4.69, 9.17) is 0 Å². The number of para-hydroxylation sites is 4. The van der Waals surface area contributed by atoms with E-state index in [2.05, 4.69) is 213 Å². The summed E-state index contributed by atoms with van der Waals surface area (Å²) in [4.78, 5) is 4.57. The molecule has 6 nitrogen and oxygen atoms in total. The lowest BCUT2D eigenvalue weighted by atomic mass is 9.89. The molecule has 15 rings (SSSR count). The third-order valence-electron chi connectivity index (χ3n) is 15.2. The maximum absolute atomic E-state index is 9.76. The van der Waals surface area contributed by atoms with Gasteiger partial charge in [0, 0.05) is 88.3 Å². The molecule has 74 heavy (non-hydrogen) atoms. The van der Waals surface area contributed by atoms with Crippen molar-refractivity contribution in [2.24, 2.45) is 0 Å². The fraction of sp³-hybridized carbons (Fsp3) is 0. The average Bonchev–Trinajstić information content (AvgIpc) is 4.25. The molecule has 6 heteroatoms. The molecule has 0 radical (unpaired) electrons. The van der Waals surface area contributed by atoms with E-state index in [0.717, 1.165) is 56.3 Å². The van der Waals surface area contributed by atoms with Crippen molar-refractivity contribution in [3.63, 3.8) is 0 Å². The van der Waals surface area contributed by atoms with Gasteiger partial charge >= 0.3 is 0 Å². The predicted molar refractivity (Wildman–Crippen MR) is 305 cm³/mol. The molecule has 0 atom stereocenters.